The highest BCUT2D eigenvalue weighted by atomic mass is 32.2. The first-order valence-corrected chi connectivity index (χ1v) is 12.4. The van der Waals surface area contributed by atoms with Crippen LogP contribution in [0.25, 0.3) is 10.2 Å². The van der Waals surface area contributed by atoms with Crippen LogP contribution in [0, 0.1) is 0 Å². The fourth-order valence-electron chi connectivity index (χ4n) is 2.94. The molecule has 0 unspecified atom stereocenters. The maximum Gasteiger partial charge on any atom is 0.252 e. The van der Waals surface area contributed by atoms with Crippen LogP contribution in [-0.4, -0.2) is 35.7 Å². The van der Waals surface area contributed by atoms with E-state index in [4.69, 9.17) is 4.74 Å². The minimum absolute atomic E-state index is 0.128. The van der Waals surface area contributed by atoms with Crippen LogP contribution in [0.15, 0.2) is 57.2 Å². The number of thiazole rings is 1. The minimum Gasteiger partial charge on any atom is -0.383 e. The SMILES string of the molecule is COCCn1c(=NC(=O)Cc2ccc(SC(C)C)cc2)sc2cc(SC)ccc21. The minimum atomic E-state index is -0.128. The standard InChI is InChI=1S/C22H26N2O2S3/c1-15(2)28-17-7-5-16(6-8-17)13-21(25)23-22-24(11-12-26-3)19-10-9-18(27-4)14-20(19)29-22/h5-10,14-15H,11-13H2,1-4H3. The summed E-state index contributed by atoms with van der Waals surface area (Å²) in [5, 5.41) is 0.541. The number of amides is 1. The van der Waals surface area contributed by atoms with Gasteiger partial charge in [0.25, 0.3) is 5.91 Å². The van der Waals surface area contributed by atoms with Crippen molar-refractivity contribution in [2.45, 2.75) is 41.9 Å². The zero-order valence-electron chi connectivity index (χ0n) is 17.2. The van der Waals surface area contributed by atoms with Crippen LogP contribution in [0.4, 0.5) is 0 Å². The molecule has 154 valence electrons. The molecule has 1 aromatic heterocycles. The molecule has 7 heteroatoms. The van der Waals surface area contributed by atoms with Crippen molar-refractivity contribution in [1.29, 1.82) is 0 Å². The third-order valence-corrected chi connectivity index (χ3v) is 7.06. The Morgan fingerprint density at radius 3 is 2.55 bits per heavy atom. The summed E-state index contributed by atoms with van der Waals surface area (Å²) in [6.07, 6.45) is 2.37. The van der Waals surface area contributed by atoms with Gasteiger partial charge in [0, 0.05) is 28.7 Å². The van der Waals surface area contributed by atoms with Crippen molar-refractivity contribution < 1.29 is 9.53 Å². The number of aromatic nitrogens is 1. The van der Waals surface area contributed by atoms with Gasteiger partial charge in [0.1, 0.15) is 0 Å². The highest BCUT2D eigenvalue weighted by Crippen LogP contribution is 2.25. The van der Waals surface area contributed by atoms with Gasteiger partial charge >= 0.3 is 0 Å². The fraction of sp³-hybridized carbons (Fsp3) is 0.364. The quantitative estimate of drug-likeness (QED) is 0.444. The van der Waals surface area contributed by atoms with Crippen molar-refractivity contribution in [1.82, 2.24) is 4.57 Å². The number of thioether (sulfide) groups is 2. The first-order valence-electron chi connectivity index (χ1n) is 9.49. The van der Waals surface area contributed by atoms with Crippen molar-refractivity contribution in [3.8, 4) is 0 Å². The first-order chi connectivity index (χ1) is 14.0. The topological polar surface area (TPSA) is 43.6 Å². The van der Waals surface area contributed by atoms with E-state index in [1.807, 2.05) is 23.9 Å². The molecule has 2 aromatic carbocycles. The van der Waals surface area contributed by atoms with Crippen LogP contribution in [0.3, 0.4) is 0 Å². The van der Waals surface area contributed by atoms with E-state index < -0.39 is 0 Å². The molecule has 4 nitrogen and oxygen atoms in total. The smallest absolute Gasteiger partial charge is 0.252 e. The molecule has 1 amide bonds. The monoisotopic (exact) mass is 446 g/mol. The number of ether oxygens (including phenoxy) is 1. The van der Waals surface area contributed by atoms with Crippen molar-refractivity contribution in [3.63, 3.8) is 0 Å². The van der Waals surface area contributed by atoms with Gasteiger partial charge in [-0.2, -0.15) is 4.99 Å². The predicted molar refractivity (Wildman–Crippen MR) is 125 cm³/mol. The Hall–Kier alpha value is -1.54. The number of nitrogens with zero attached hydrogens (tertiary/aromatic N) is 2. The van der Waals surface area contributed by atoms with E-state index in [-0.39, 0.29) is 5.91 Å². The van der Waals surface area contributed by atoms with Crippen molar-refractivity contribution in [2.75, 3.05) is 20.0 Å². The second kappa shape index (κ2) is 10.5. The van der Waals surface area contributed by atoms with Gasteiger partial charge in [-0.05, 0) is 42.2 Å². The molecule has 0 saturated heterocycles. The van der Waals surface area contributed by atoms with Crippen molar-refractivity contribution in [2.24, 2.45) is 4.99 Å². The fourth-order valence-corrected chi connectivity index (χ4v) is 5.41. The molecule has 0 aliphatic rings. The molecular weight excluding hydrogens is 420 g/mol. The Balaban J connectivity index is 1.86. The average molecular weight is 447 g/mol. The van der Waals surface area contributed by atoms with Gasteiger partial charge in [0.15, 0.2) is 4.80 Å². The molecule has 0 saturated carbocycles. The molecule has 0 bridgehead atoms. The first kappa shape index (κ1) is 22.2. The molecule has 0 radical (unpaired) electrons. The predicted octanol–water partition coefficient (Wildman–Crippen LogP) is 5.24. The Kier molecular flexibility index (Phi) is 8.00. The van der Waals surface area contributed by atoms with Gasteiger partial charge in [0.05, 0.1) is 23.2 Å². The summed E-state index contributed by atoms with van der Waals surface area (Å²) in [6.45, 7) is 5.59. The lowest BCUT2D eigenvalue weighted by Crippen LogP contribution is -2.19. The van der Waals surface area contributed by atoms with Crippen LogP contribution in [0.2, 0.25) is 0 Å². The Labute approximate surface area is 184 Å². The van der Waals surface area contributed by atoms with E-state index >= 15 is 0 Å². The van der Waals surface area contributed by atoms with Gasteiger partial charge in [-0.3, -0.25) is 4.79 Å². The van der Waals surface area contributed by atoms with E-state index in [1.165, 1.54) is 9.79 Å². The number of hydrogen-bond acceptors (Lipinski definition) is 5. The number of carbonyl (C=O) groups excluding carboxylic acids is 1. The lowest BCUT2D eigenvalue weighted by molar-refractivity contribution is -0.117. The molecule has 29 heavy (non-hydrogen) atoms. The molecule has 0 N–H and O–H groups in total. The van der Waals surface area contributed by atoms with Crippen LogP contribution >= 0.6 is 34.9 Å². The van der Waals surface area contributed by atoms with E-state index in [0.717, 1.165) is 20.6 Å². The lowest BCUT2D eigenvalue weighted by Gasteiger charge is -2.06. The molecule has 0 aliphatic carbocycles. The molecule has 3 rings (SSSR count). The van der Waals surface area contributed by atoms with Crippen LogP contribution in [-0.2, 0) is 22.5 Å². The summed E-state index contributed by atoms with van der Waals surface area (Å²) in [5.41, 5.74) is 2.08. The maximum absolute atomic E-state index is 12.7. The van der Waals surface area contributed by atoms with Gasteiger partial charge < -0.3 is 9.30 Å². The van der Waals surface area contributed by atoms with E-state index in [0.29, 0.717) is 24.8 Å². The molecule has 0 aliphatic heterocycles. The van der Waals surface area contributed by atoms with Crippen LogP contribution in [0.1, 0.15) is 19.4 Å². The summed E-state index contributed by atoms with van der Waals surface area (Å²) in [5.74, 6) is -0.128. The van der Waals surface area contributed by atoms with Crippen LogP contribution in [0.5, 0.6) is 0 Å². The summed E-state index contributed by atoms with van der Waals surface area (Å²) in [4.78, 5) is 20.3. The normalized spacial score (nSPS) is 12.2. The average Bonchev–Trinajstić information content (AvgIpc) is 3.03. The zero-order chi connectivity index (χ0) is 20.8. The number of carbonyl (C=O) groups is 1. The van der Waals surface area contributed by atoms with Gasteiger partial charge in [-0.25, -0.2) is 0 Å². The molecule has 0 fully saturated rings. The van der Waals surface area contributed by atoms with Gasteiger partial charge in [0.2, 0.25) is 0 Å². The second-order valence-corrected chi connectivity index (χ2v) is 10.4. The number of benzene rings is 2. The van der Waals surface area contributed by atoms with Crippen LogP contribution < -0.4 is 4.80 Å². The summed E-state index contributed by atoms with van der Waals surface area (Å²) >= 11 is 5.09. The lowest BCUT2D eigenvalue weighted by atomic mass is 10.1. The Morgan fingerprint density at radius 1 is 1.17 bits per heavy atom. The van der Waals surface area contributed by atoms with Crippen molar-refractivity contribution in [3.05, 3.63) is 52.8 Å². The number of fused-ring (bicyclic) bond motifs is 1. The van der Waals surface area contributed by atoms with E-state index in [1.54, 1.807) is 30.2 Å². The third-order valence-electron chi connectivity index (χ3n) is 4.28. The number of hydrogen-bond donors (Lipinski definition) is 0. The number of rotatable bonds is 8. The molecule has 3 aromatic rings. The zero-order valence-corrected chi connectivity index (χ0v) is 19.6. The molecule has 1 heterocycles. The highest BCUT2D eigenvalue weighted by molar-refractivity contribution is 8.00. The Bertz CT molecular complexity index is 1040. The summed E-state index contributed by atoms with van der Waals surface area (Å²) in [7, 11) is 1.68. The largest absolute Gasteiger partial charge is 0.383 e. The summed E-state index contributed by atoms with van der Waals surface area (Å²) < 4.78 is 8.47. The molecule has 0 spiro atoms. The van der Waals surface area contributed by atoms with Crippen molar-refractivity contribution >= 4 is 51.0 Å². The van der Waals surface area contributed by atoms with E-state index in [2.05, 4.69) is 60.0 Å². The summed E-state index contributed by atoms with van der Waals surface area (Å²) in [6, 6.07) is 14.6. The molecular formula is C22H26N2O2S3. The third kappa shape index (κ3) is 5.98. The second-order valence-electron chi connectivity index (χ2n) is 6.86. The van der Waals surface area contributed by atoms with E-state index in [9.17, 15) is 4.79 Å². The maximum atomic E-state index is 12.7. The van der Waals surface area contributed by atoms with Gasteiger partial charge in [-0.1, -0.05) is 37.3 Å². The van der Waals surface area contributed by atoms with Gasteiger partial charge in [-0.15, -0.1) is 23.5 Å². The highest BCUT2D eigenvalue weighted by Gasteiger charge is 2.10. The Morgan fingerprint density at radius 2 is 1.90 bits per heavy atom. The number of methoxy groups -OCH3 is 1. The molecule has 0 atom stereocenters.